The number of aliphatic carboxylic acids is 1. The van der Waals surface area contributed by atoms with Gasteiger partial charge in [0.1, 0.15) is 5.82 Å². The van der Waals surface area contributed by atoms with E-state index >= 15 is 0 Å². The van der Waals surface area contributed by atoms with Gasteiger partial charge in [0.15, 0.2) is 15.1 Å². The molecule has 0 heterocycles. The molecule has 6 heteroatoms. The van der Waals surface area contributed by atoms with Crippen LogP contribution in [0.2, 0.25) is 0 Å². The molecule has 0 aliphatic heterocycles. The summed E-state index contributed by atoms with van der Waals surface area (Å²) in [7, 11) is -4.03. The van der Waals surface area contributed by atoms with Crippen LogP contribution in [0.25, 0.3) is 0 Å². The second-order valence-electron chi connectivity index (χ2n) is 3.97. The van der Waals surface area contributed by atoms with Crippen LogP contribution in [-0.4, -0.2) is 24.7 Å². The standard InChI is InChI=1S/C12H15FO4S/c1-2-3-7-11(12(14)15)18(16,17)10-6-4-5-9(13)8-10/h4-6,8,11H,2-3,7H2,1H3,(H,14,15). The zero-order chi connectivity index (χ0) is 13.8. The van der Waals surface area contributed by atoms with Gasteiger partial charge in [0.25, 0.3) is 0 Å². The van der Waals surface area contributed by atoms with E-state index in [-0.39, 0.29) is 11.3 Å². The smallest absolute Gasteiger partial charge is 0.322 e. The molecule has 100 valence electrons. The van der Waals surface area contributed by atoms with Crippen LogP contribution in [0.5, 0.6) is 0 Å². The van der Waals surface area contributed by atoms with Crippen molar-refractivity contribution in [3.8, 4) is 0 Å². The maximum Gasteiger partial charge on any atom is 0.322 e. The van der Waals surface area contributed by atoms with Crippen LogP contribution in [0.3, 0.4) is 0 Å². The number of benzene rings is 1. The van der Waals surface area contributed by atoms with Gasteiger partial charge in [0.05, 0.1) is 4.90 Å². The predicted molar refractivity (Wildman–Crippen MR) is 64.5 cm³/mol. The molecule has 0 aliphatic rings. The van der Waals surface area contributed by atoms with Gasteiger partial charge in [-0.25, -0.2) is 12.8 Å². The maximum atomic E-state index is 13.0. The Kier molecular flexibility index (Phi) is 4.84. The van der Waals surface area contributed by atoms with Crippen molar-refractivity contribution in [3.63, 3.8) is 0 Å². The molecular formula is C12H15FO4S. The molecule has 0 radical (unpaired) electrons. The van der Waals surface area contributed by atoms with Crippen molar-refractivity contribution in [1.29, 1.82) is 0 Å². The summed E-state index contributed by atoms with van der Waals surface area (Å²) in [5.74, 6) is -2.09. The third kappa shape index (κ3) is 3.29. The molecule has 0 saturated carbocycles. The van der Waals surface area contributed by atoms with E-state index in [9.17, 15) is 17.6 Å². The lowest BCUT2D eigenvalue weighted by atomic mass is 10.2. The Balaban J connectivity index is 3.13. The molecule has 0 saturated heterocycles. The Bertz CT molecular complexity index is 525. The fraction of sp³-hybridized carbons (Fsp3) is 0.417. The van der Waals surface area contributed by atoms with Gasteiger partial charge >= 0.3 is 5.97 Å². The minimum Gasteiger partial charge on any atom is -0.480 e. The molecule has 4 nitrogen and oxygen atoms in total. The second kappa shape index (κ2) is 5.95. The lowest BCUT2D eigenvalue weighted by Crippen LogP contribution is -2.30. The zero-order valence-corrected chi connectivity index (χ0v) is 10.8. The normalized spacial score (nSPS) is 13.2. The Labute approximate surface area is 105 Å². The summed E-state index contributed by atoms with van der Waals surface area (Å²) in [5, 5.41) is 7.48. The third-order valence-electron chi connectivity index (χ3n) is 2.59. The average Bonchev–Trinajstić information content (AvgIpc) is 2.28. The minimum atomic E-state index is -4.03. The summed E-state index contributed by atoms with van der Waals surface area (Å²) in [5.41, 5.74) is 0. The first-order valence-corrected chi connectivity index (χ1v) is 7.16. The van der Waals surface area contributed by atoms with E-state index < -0.39 is 26.9 Å². The molecular weight excluding hydrogens is 259 g/mol. The Morgan fingerprint density at radius 2 is 2.11 bits per heavy atom. The van der Waals surface area contributed by atoms with Crippen molar-refractivity contribution in [1.82, 2.24) is 0 Å². The van der Waals surface area contributed by atoms with Gasteiger partial charge in [-0.15, -0.1) is 0 Å². The van der Waals surface area contributed by atoms with E-state index in [1.807, 2.05) is 6.92 Å². The maximum absolute atomic E-state index is 13.0. The van der Waals surface area contributed by atoms with Gasteiger partial charge in [0.2, 0.25) is 0 Å². The van der Waals surface area contributed by atoms with Crippen molar-refractivity contribution in [2.75, 3.05) is 0 Å². The number of carbonyl (C=O) groups is 1. The molecule has 0 bridgehead atoms. The van der Waals surface area contributed by atoms with Gasteiger partial charge in [-0.2, -0.15) is 0 Å². The fourth-order valence-corrected chi connectivity index (χ4v) is 3.23. The molecule has 0 aromatic heterocycles. The van der Waals surface area contributed by atoms with Crippen LogP contribution in [0, 0.1) is 5.82 Å². The van der Waals surface area contributed by atoms with Crippen molar-refractivity contribution < 1.29 is 22.7 Å². The highest BCUT2D eigenvalue weighted by Gasteiger charge is 2.33. The van der Waals surface area contributed by atoms with E-state index in [4.69, 9.17) is 5.11 Å². The molecule has 1 unspecified atom stereocenters. The largest absolute Gasteiger partial charge is 0.480 e. The molecule has 1 aromatic carbocycles. The molecule has 0 spiro atoms. The molecule has 1 atom stereocenters. The number of hydrogen-bond donors (Lipinski definition) is 1. The van der Waals surface area contributed by atoms with Gasteiger partial charge in [-0.1, -0.05) is 25.8 Å². The number of halogens is 1. The number of unbranched alkanes of at least 4 members (excludes halogenated alkanes) is 1. The van der Waals surface area contributed by atoms with E-state index in [2.05, 4.69) is 0 Å². The van der Waals surface area contributed by atoms with Crippen molar-refractivity contribution in [3.05, 3.63) is 30.1 Å². The molecule has 1 N–H and O–H groups in total. The van der Waals surface area contributed by atoms with Crippen LogP contribution < -0.4 is 0 Å². The highest BCUT2D eigenvalue weighted by molar-refractivity contribution is 7.92. The third-order valence-corrected chi connectivity index (χ3v) is 4.69. The molecule has 18 heavy (non-hydrogen) atoms. The van der Waals surface area contributed by atoms with E-state index in [1.165, 1.54) is 12.1 Å². The Morgan fingerprint density at radius 1 is 1.44 bits per heavy atom. The average molecular weight is 274 g/mol. The van der Waals surface area contributed by atoms with E-state index in [0.29, 0.717) is 12.8 Å². The highest BCUT2D eigenvalue weighted by Crippen LogP contribution is 2.21. The Morgan fingerprint density at radius 3 is 2.61 bits per heavy atom. The van der Waals surface area contributed by atoms with Crippen LogP contribution in [0.1, 0.15) is 26.2 Å². The molecule has 1 rings (SSSR count). The summed E-state index contributed by atoms with van der Waals surface area (Å²) in [6, 6.07) is 4.42. The minimum absolute atomic E-state index is 0.0324. The second-order valence-corrected chi connectivity index (χ2v) is 6.10. The lowest BCUT2D eigenvalue weighted by molar-refractivity contribution is -0.136. The van der Waals surface area contributed by atoms with E-state index in [1.54, 1.807) is 0 Å². The zero-order valence-electron chi connectivity index (χ0n) is 9.97. The Hall–Kier alpha value is -1.43. The fourth-order valence-electron chi connectivity index (χ4n) is 1.61. The predicted octanol–water partition coefficient (Wildman–Crippen LogP) is 2.24. The monoisotopic (exact) mass is 274 g/mol. The first-order chi connectivity index (χ1) is 8.39. The van der Waals surface area contributed by atoms with Crippen molar-refractivity contribution in [2.24, 2.45) is 0 Å². The van der Waals surface area contributed by atoms with Crippen LogP contribution in [0.15, 0.2) is 29.2 Å². The van der Waals surface area contributed by atoms with Crippen LogP contribution in [0.4, 0.5) is 4.39 Å². The summed E-state index contributed by atoms with van der Waals surface area (Å²) >= 11 is 0. The SMILES string of the molecule is CCCCC(C(=O)O)S(=O)(=O)c1cccc(F)c1. The first-order valence-electron chi connectivity index (χ1n) is 5.62. The number of hydrogen-bond acceptors (Lipinski definition) is 3. The molecule has 0 aliphatic carbocycles. The number of sulfone groups is 1. The summed E-state index contributed by atoms with van der Waals surface area (Å²) < 4.78 is 37.2. The molecule has 0 amide bonds. The van der Waals surface area contributed by atoms with Crippen molar-refractivity contribution >= 4 is 15.8 Å². The topological polar surface area (TPSA) is 71.4 Å². The molecule has 0 fully saturated rings. The number of carboxylic acids is 1. The van der Waals surface area contributed by atoms with Crippen LogP contribution in [-0.2, 0) is 14.6 Å². The van der Waals surface area contributed by atoms with Gasteiger partial charge in [-0.05, 0) is 24.6 Å². The van der Waals surface area contributed by atoms with Gasteiger partial charge in [-0.3, -0.25) is 4.79 Å². The first kappa shape index (κ1) is 14.6. The summed E-state index contributed by atoms with van der Waals surface area (Å²) in [6.45, 7) is 1.84. The quantitative estimate of drug-likeness (QED) is 0.863. The van der Waals surface area contributed by atoms with Gasteiger partial charge < -0.3 is 5.11 Å². The summed E-state index contributed by atoms with van der Waals surface area (Å²) in [6.07, 6.45) is 1.22. The number of rotatable bonds is 6. The van der Waals surface area contributed by atoms with Gasteiger partial charge in [0, 0.05) is 0 Å². The van der Waals surface area contributed by atoms with Crippen molar-refractivity contribution in [2.45, 2.75) is 36.3 Å². The summed E-state index contributed by atoms with van der Waals surface area (Å²) in [4.78, 5) is 10.8. The number of carboxylic acid groups (broad SMARTS) is 1. The molecule has 1 aromatic rings. The lowest BCUT2D eigenvalue weighted by Gasteiger charge is -2.13. The van der Waals surface area contributed by atoms with Crippen LogP contribution >= 0.6 is 0 Å². The highest BCUT2D eigenvalue weighted by atomic mass is 32.2. The van der Waals surface area contributed by atoms with E-state index in [0.717, 1.165) is 12.1 Å².